The van der Waals surface area contributed by atoms with Crippen molar-refractivity contribution in [3.63, 3.8) is 0 Å². The van der Waals surface area contributed by atoms with Gasteiger partial charge in [-0.2, -0.15) is 0 Å². The monoisotopic (exact) mass is 569 g/mol. The molecule has 0 unspecified atom stereocenters. The molecule has 0 amide bonds. The van der Waals surface area contributed by atoms with Crippen molar-refractivity contribution in [3.8, 4) is 0 Å². The molecule has 0 saturated heterocycles. The van der Waals surface area contributed by atoms with Crippen LogP contribution in [0.2, 0.25) is 0 Å². The average Bonchev–Trinajstić information content (AvgIpc) is 2.06. The molecule has 0 radical (unpaired) electrons. The second-order valence-electron chi connectivity index (χ2n) is 0.992. The van der Waals surface area contributed by atoms with Crippen LogP contribution in [0.4, 0.5) is 0 Å². The summed E-state index contributed by atoms with van der Waals surface area (Å²) in [4.78, 5) is 0. The van der Waals surface area contributed by atoms with Gasteiger partial charge in [-0.1, -0.05) is 0 Å². The van der Waals surface area contributed by atoms with Gasteiger partial charge in [0.15, 0.2) is 0 Å². The molecular formula is C4H12I2N2O2Pt. The summed E-state index contributed by atoms with van der Waals surface area (Å²) in [5, 5.41) is 15.4. The molecule has 0 aliphatic rings. The Hall–Kier alpha value is 1.99. The Morgan fingerprint density at radius 1 is 1.00 bits per heavy atom. The fourth-order valence-electron chi connectivity index (χ4n) is 0. The minimum atomic E-state index is -0.0139. The Labute approximate surface area is 96.7 Å². The second kappa shape index (κ2) is 29.6. The van der Waals surface area contributed by atoms with Crippen LogP contribution in [-0.2, 0) is 11.2 Å². The molecule has 0 saturated carbocycles. The van der Waals surface area contributed by atoms with E-state index in [1.165, 1.54) is 0 Å². The van der Waals surface area contributed by atoms with Crippen LogP contribution in [0.3, 0.4) is 0 Å². The van der Waals surface area contributed by atoms with E-state index < -0.39 is 0 Å². The van der Waals surface area contributed by atoms with Crippen molar-refractivity contribution in [2.45, 2.75) is 0 Å². The van der Waals surface area contributed by atoms with Crippen molar-refractivity contribution in [1.29, 1.82) is 0 Å². The van der Waals surface area contributed by atoms with Gasteiger partial charge >= 0.3 is 49.9 Å². The topological polar surface area (TPSA) is 88.1 Å². The van der Waals surface area contributed by atoms with Crippen molar-refractivity contribution in [1.82, 2.24) is 0 Å². The SMILES string of the molecule is [I][Pt+2][I].[NH-]CCO.[NH-]CCO. The number of nitrogens with one attached hydrogen (secondary N) is 2. The number of aliphatic hydroxyl groups is 2. The molecule has 11 heavy (non-hydrogen) atoms. The summed E-state index contributed by atoms with van der Waals surface area (Å²) in [5.41, 5.74) is 12.4. The predicted molar refractivity (Wildman–Crippen MR) is 60.6 cm³/mol. The Morgan fingerprint density at radius 3 is 1.09 bits per heavy atom. The van der Waals surface area contributed by atoms with Crippen LogP contribution in [0.5, 0.6) is 0 Å². The van der Waals surface area contributed by atoms with Crippen LogP contribution < -0.4 is 0 Å². The van der Waals surface area contributed by atoms with Gasteiger partial charge in [0.05, 0.1) is 0 Å². The molecular weight excluding hydrogens is 557 g/mol. The summed E-state index contributed by atoms with van der Waals surface area (Å²) in [7, 11) is 0. The Kier molecular flexibility index (Phi) is 50.4. The first-order valence-corrected chi connectivity index (χ1v) is 15.5. The van der Waals surface area contributed by atoms with Gasteiger partial charge in [0, 0.05) is 13.2 Å². The summed E-state index contributed by atoms with van der Waals surface area (Å²) in [6, 6.07) is 0. The van der Waals surface area contributed by atoms with Crippen molar-refractivity contribution < 1.29 is 21.4 Å². The maximum Gasteiger partial charge on any atom is 0.0241 e. The first kappa shape index (κ1) is 18.7. The smallest absolute Gasteiger partial charge is 0.0241 e. The standard InChI is InChI=1S/2C2H6NO.2HI.Pt/c2*3-1-2-4;;;/h2*3-4H,1-2H2;2*1H;/q2*-1;;;+4/p-2. The van der Waals surface area contributed by atoms with Crippen LogP contribution >= 0.6 is 38.7 Å². The number of halogens is 2. The molecule has 74 valence electrons. The summed E-state index contributed by atoms with van der Waals surface area (Å²) in [6.07, 6.45) is 0. The third-order valence-electron chi connectivity index (χ3n) is 0.224. The summed E-state index contributed by atoms with van der Waals surface area (Å²) in [6.45, 7) is 0.222. The van der Waals surface area contributed by atoms with E-state index in [0.29, 0.717) is 11.2 Å². The fourth-order valence-corrected chi connectivity index (χ4v) is 0. The zero-order chi connectivity index (χ0) is 9.54. The molecule has 0 aliphatic heterocycles. The van der Waals surface area contributed by atoms with Crippen LogP contribution in [0.15, 0.2) is 0 Å². The molecule has 0 fully saturated rings. The maximum atomic E-state index is 7.69. The van der Waals surface area contributed by atoms with Gasteiger partial charge in [-0.15, -0.1) is 13.1 Å². The zero-order valence-corrected chi connectivity index (χ0v) is 12.4. The molecule has 0 spiro atoms. The molecule has 0 heterocycles. The third kappa shape index (κ3) is 75.2. The normalized spacial score (nSPS) is 7.45. The van der Waals surface area contributed by atoms with Gasteiger partial charge < -0.3 is 21.7 Å². The van der Waals surface area contributed by atoms with E-state index in [-0.39, 0.29) is 26.3 Å². The van der Waals surface area contributed by atoms with Gasteiger partial charge in [-0.25, -0.2) is 0 Å². The van der Waals surface area contributed by atoms with Gasteiger partial charge in [0.2, 0.25) is 0 Å². The van der Waals surface area contributed by atoms with Crippen molar-refractivity contribution in [2.24, 2.45) is 0 Å². The predicted octanol–water partition coefficient (Wildman–Crippen LogP) is 1.83. The molecule has 4 N–H and O–H groups in total. The number of hydrogen-bond donors (Lipinski definition) is 2. The Morgan fingerprint density at radius 2 is 1.09 bits per heavy atom. The number of aliphatic hydroxyl groups excluding tert-OH is 2. The molecule has 0 aliphatic carbocycles. The van der Waals surface area contributed by atoms with Gasteiger partial charge in [0.25, 0.3) is 0 Å². The molecule has 0 aromatic rings. The third-order valence-corrected chi connectivity index (χ3v) is 0.224. The van der Waals surface area contributed by atoms with E-state index in [4.69, 9.17) is 21.7 Å². The molecule has 0 rings (SSSR count). The average molecular weight is 569 g/mol. The minimum Gasteiger partial charge on any atom is -0.676 e. The largest absolute Gasteiger partial charge is 0.676 e. The second-order valence-corrected chi connectivity index (χ2v) is 17.6. The van der Waals surface area contributed by atoms with Crippen molar-refractivity contribution >= 4 is 38.7 Å². The molecule has 0 aromatic heterocycles. The first-order chi connectivity index (χ1) is 5.24. The van der Waals surface area contributed by atoms with E-state index in [1.54, 1.807) is 0 Å². The molecule has 4 nitrogen and oxygen atoms in total. The van der Waals surface area contributed by atoms with Crippen molar-refractivity contribution in [2.75, 3.05) is 26.3 Å². The van der Waals surface area contributed by atoms with Crippen molar-refractivity contribution in [3.05, 3.63) is 11.5 Å². The van der Waals surface area contributed by atoms with Crippen LogP contribution in [0, 0.1) is 0 Å². The summed E-state index contributed by atoms with van der Waals surface area (Å²) >= 11 is 5.30. The van der Waals surface area contributed by atoms with E-state index in [2.05, 4.69) is 38.7 Å². The van der Waals surface area contributed by atoms with Gasteiger partial charge in [-0.05, 0) is 0 Å². The number of hydrogen-bond acceptors (Lipinski definition) is 2. The van der Waals surface area contributed by atoms with Crippen LogP contribution in [-0.4, -0.2) is 36.5 Å². The van der Waals surface area contributed by atoms with Gasteiger partial charge in [-0.3, -0.25) is 0 Å². The van der Waals surface area contributed by atoms with Gasteiger partial charge in [0.1, 0.15) is 0 Å². The Bertz CT molecular complexity index is 39.3. The van der Waals surface area contributed by atoms with E-state index in [0.717, 1.165) is 0 Å². The first-order valence-electron chi connectivity index (χ1n) is 2.58. The van der Waals surface area contributed by atoms with E-state index in [1.807, 2.05) is 0 Å². The maximum absolute atomic E-state index is 7.69. The van der Waals surface area contributed by atoms with E-state index >= 15 is 0 Å². The summed E-state index contributed by atoms with van der Waals surface area (Å²) < 4.78 is 0. The molecule has 0 aromatic carbocycles. The molecule has 7 heteroatoms. The molecule has 0 bridgehead atoms. The number of rotatable bonds is 2. The quantitative estimate of drug-likeness (QED) is 0.498. The minimum absolute atomic E-state index is 0.0139. The fraction of sp³-hybridized carbons (Fsp3) is 1.00. The van der Waals surface area contributed by atoms with Crippen LogP contribution in [0.1, 0.15) is 0 Å². The molecule has 0 atom stereocenters. The summed E-state index contributed by atoms with van der Waals surface area (Å²) in [5.74, 6) is 0. The zero-order valence-electron chi connectivity index (χ0n) is 5.80. The van der Waals surface area contributed by atoms with E-state index in [9.17, 15) is 0 Å². The van der Waals surface area contributed by atoms with Crippen LogP contribution in [0.25, 0.3) is 11.5 Å². The Balaban J connectivity index is -0.0000000886.